The molecule has 150 valence electrons. The van der Waals surface area contributed by atoms with Crippen LogP contribution in [0.15, 0.2) is 17.7 Å². The lowest BCUT2D eigenvalue weighted by Crippen LogP contribution is -3.00. The summed E-state index contributed by atoms with van der Waals surface area (Å²) in [5.74, 6) is 2.46. The van der Waals surface area contributed by atoms with E-state index in [-0.39, 0.29) is 36.8 Å². The number of nitrogens with zero attached hydrogens (tertiary/aromatic N) is 1. The molecule has 0 amide bonds. The normalized spacial score (nSPS) is 18.9. The first-order valence-corrected chi connectivity index (χ1v) is 9.30. The number of hydrogen-bond acceptors (Lipinski definition) is 4. The standard InChI is InChI=1S/C21H30NO4.HI/c1-14(2)7-6-8-16(23)12-17-19-15(9-10-22(17,3)4)11-18-20(21(19)24-5)26-13-25-18;/h7,11,17H,6,8-10,12-13H2,1-5H3;1H/q+1;/p-1. The van der Waals surface area contributed by atoms with Crippen molar-refractivity contribution in [2.75, 3.05) is 34.5 Å². The van der Waals surface area contributed by atoms with E-state index in [1.165, 1.54) is 11.1 Å². The molecule has 0 radical (unpaired) electrons. The topological polar surface area (TPSA) is 44.8 Å². The summed E-state index contributed by atoms with van der Waals surface area (Å²) >= 11 is 0. The molecule has 1 aromatic rings. The van der Waals surface area contributed by atoms with Gasteiger partial charge in [-0.1, -0.05) is 11.6 Å². The third-order valence-electron chi connectivity index (χ3n) is 5.48. The lowest BCUT2D eigenvalue weighted by atomic mass is 9.86. The van der Waals surface area contributed by atoms with Crippen LogP contribution in [0.5, 0.6) is 17.2 Å². The van der Waals surface area contributed by atoms with E-state index in [4.69, 9.17) is 14.2 Å². The second kappa shape index (κ2) is 8.82. The first-order chi connectivity index (χ1) is 12.3. The summed E-state index contributed by atoms with van der Waals surface area (Å²) < 4.78 is 17.7. The van der Waals surface area contributed by atoms with Gasteiger partial charge in [-0.3, -0.25) is 4.79 Å². The van der Waals surface area contributed by atoms with Gasteiger partial charge in [0, 0.05) is 12.8 Å². The van der Waals surface area contributed by atoms with Gasteiger partial charge >= 0.3 is 0 Å². The smallest absolute Gasteiger partial charge is 0.231 e. The van der Waals surface area contributed by atoms with E-state index in [0.29, 0.717) is 24.4 Å². The molecule has 1 unspecified atom stereocenters. The fourth-order valence-corrected chi connectivity index (χ4v) is 3.95. The molecule has 0 aliphatic carbocycles. The zero-order chi connectivity index (χ0) is 18.9. The molecule has 0 spiro atoms. The number of benzene rings is 1. The van der Waals surface area contributed by atoms with Crippen molar-refractivity contribution in [3.8, 4) is 17.2 Å². The number of ether oxygens (including phenoxy) is 3. The van der Waals surface area contributed by atoms with Gasteiger partial charge in [0.05, 0.1) is 39.7 Å². The van der Waals surface area contributed by atoms with Gasteiger partial charge in [0.1, 0.15) is 11.8 Å². The molecule has 2 aliphatic rings. The molecule has 2 aliphatic heterocycles. The Hall–Kier alpha value is -1.28. The van der Waals surface area contributed by atoms with Crippen molar-refractivity contribution >= 4 is 5.78 Å². The Morgan fingerprint density at radius 2 is 2.07 bits per heavy atom. The Bertz CT molecular complexity index is 738. The van der Waals surface area contributed by atoms with Crippen LogP contribution in [-0.4, -0.2) is 44.8 Å². The minimum atomic E-state index is 0. The summed E-state index contributed by atoms with van der Waals surface area (Å²) in [6.07, 6.45) is 4.99. The maximum absolute atomic E-state index is 12.7. The minimum Gasteiger partial charge on any atom is -1.00 e. The van der Waals surface area contributed by atoms with E-state index < -0.39 is 0 Å². The summed E-state index contributed by atoms with van der Waals surface area (Å²) in [6, 6.07) is 2.14. The van der Waals surface area contributed by atoms with Crippen LogP contribution in [0.25, 0.3) is 0 Å². The van der Waals surface area contributed by atoms with E-state index in [1.54, 1.807) is 7.11 Å². The van der Waals surface area contributed by atoms with Crippen LogP contribution >= 0.6 is 0 Å². The predicted molar refractivity (Wildman–Crippen MR) is 101 cm³/mol. The SMILES string of the molecule is COc1c2c(cc3c1C(CC(=O)CCC=C(C)C)[N+](C)(C)CC3)OCO2.[I-]. The third-order valence-corrected chi connectivity index (χ3v) is 5.48. The molecule has 2 heterocycles. The van der Waals surface area contributed by atoms with Crippen LogP contribution in [-0.2, 0) is 11.2 Å². The van der Waals surface area contributed by atoms with Crippen molar-refractivity contribution in [2.45, 2.75) is 45.6 Å². The largest absolute Gasteiger partial charge is 1.00 e. The Balaban J connectivity index is 0.00000261. The fraction of sp³-hybridized carbons (Fsp3) is 0.571. The van der Waals surface area contributed by atoms with Crippen molar-refractivity contribution in [1.29, 1.82) is 0 Å². The van der Waals surface area contributed by atoms with Crippen LogP contribution in [0, 0.1) is 0 Å². The number of hydrogen-bond donors (Lipinski definition) is 0. The van der Waals surface area contributed by atoms with Crippen molar-refractivity contribution in [1.82, 2.24) is 0 Å². The molecule has 0 saturated heterocycles. The molecule has 5 nitrogen and oxygen atoms in total. The second-order valence-electron chi connectivity index (χ2n) is 8.05. The van der Waals surface area contributed by atoms with Crippen molar-refractivity contribution < 1.29 is 47.5 Å². The van der Waals surface area contributed by atoms with Gasteiger partial charge in [-0.2, -0.15) is 0 Å². The van der Waals surface area contributed by atoms with Crippen LogP contribution in [0.3, 0.4) is 0 Å². The average Bonchev–Trinajstić information content (AvgIpc) is 3.03. The lowest BCUT2D eigenvalue weighted by molar-refractivity contribution is -0.922. The fourth-order valence-electron chi connectivity index (χ4n) is 3.95. The Labute approximate surface area is 179 Å². The highest BCUT2D eigenvalue weighted by atomic mass is 127. The quantitative estimate of drug-likeness (QED) is 0.339. The predicted octanol–water partition coefficient (Wildman–Crippen LogP) is 0.807. The van der Waals surface area contributed by atoms with Crippen LogP contribution < -0.4 is 38.2 Å². The maximum atomic E-state index is 12.7. The van der Waals surface area contributed by atoms with E-state index in [1.807, 2.05) is 0 Å². The Morgan fingerprint density at radius 1 is 1.33 bits per heavy atom. The Morgan fingerprint density at radius 3 is 2.74 bits per heavy atom. The highest BCUT2D eigenvalue weighted by molar-refractivity contribution is 5.79. The number of quaternary nitrogens is 1. The summed E-state index contributed by atoms with van der Waals surface area (Å²) in [7, 11) is 6.06. The molecule has 0 bridgehead atoms. The molecule has 6 heteroatoms. The number of fused-ring (bicyclic) bond motifs is 2. The number of ketones is 1. The molecular formula is C21H30INO4. The zero-order valence-corrected chi connectivity index (χ0v) is 19.1. The first kappa shape index (κ1) is 22.0. The second-order valence-corrected chi connectivity index (χ2v) is 8.05. The number of rotatable bonds is 6. The summed E-state index contributed by atoms with van der Waals surface area (Å²) in [4.78, 5) is 12.7. The molecule has 0 fully saturated rings. The van der Waals surface area contributed by atoms with Gasteiger partial charge in [-0.25, -0.2) is 0 Å². The molecule has 0 N–H and O–H groups in total. The zero-order valence-electron chi connectivity index (χ0n) is 16.9. The van der Waals surface area contributed by atoms with Crippen molar-refractivity contribution in [2.24, 2.45) is 0 Å². The summed E-state index contributed by atoms with van der Waals surface area (Å²) in [5, 5.41) is 0. The molecule has 1 aromatic carbocycles. The van der Waals surface area contributed by atoms with E-state index >= 15 is 0 Å². The monoisotopic (exact) mass is 487 g/mol. The van der Waals surface area contributed by atoms with Crippen LogP contribution in [0.1, 0.15) is 50.3 Å². The number of likely N-dealkylation sites (N-methyl/N-ethyl adjacent to an activating group) is 1. The van der Waals surface area contributed by atoms with Gasteiger partial charge < -0.3 is 42.7 Å². The lowest BCUT2D eigenvalue weighted by Gasteiger charge is -2.43. The number of halogens is 1. The molecular weight excluding hydrogens is 457 g/mol. The molecule has 0 saturated carbocycles. The first-order valence-electron chi connectivity index (χ1n) is 9.30. The van der Waals surface area contributed by atoms with Crippen molar-refractivity contribution in [3.05, 3.63) is 28.8 Å². The van der Waals surface area contributed by atoms with Gasteiger partial charge in [0.15, 0.2) is 11.5 Å². The van der Waals surface area contributed by atoms with Gasteiger partial charge in [-0.15, -0.1) is 0 Å². The molecule has 0 aromatic heterocycles. The number of methoxy groups -OCH3 is 1. The average molecular weight is 487 g/mol. The third kappa shape index (κ3) is 4.59. The van der Waals surface area contributed by atoms with Gasteiger partial charge in [-0.05, 0) is 31.9 Å². The van der Waals surface area contributed by atoms with Gasteiger partial charge in [0.2, 0.25) is 12.5 Å². The van der Waals surface area contributed by atoms with Crippen LogP contribution in [0.4, 0.5) is 0 Å². The highest BCUT2D eigenvalue weighted by Gasteiger charge is 2.42. The summed E-state index contributed by atoms with van der Waals surface area (Å²) in [5.41, 5.74) is 3.58. The van der Waals surface area contributed by atoms with E-state index in [9.17, 15) is 4.79 Å². The molecule has 27 heavy (non-hydrogen) atoms. The maximum Gasteiger partial charge on any atom is 0.231 e. The number of carbonyl (C=O) groups is 1. The molecule has 1 atom stereocenters. The summed E-state index contributed by atoms with van der Waals surface area (Å²) in [6.45, 7) is 5.34. The van der Waals surface area contributed by atoms with Gasteiger partial charge in [0.25, 0.3) is 0 Å². The Kier molecular flexibility index (Phi) is 7.19. The van der Waals surface area contributed by atoms with Crippen molar-refractivity contribution in [3.63, 3.8) is 0 Å². The molecule has 3 rings (SSSR count). The minimum absolute atomic E-state index is 0. The van der Waals surface area contributed by atoms with E-state index in [2.05, 4.69) is 40.1 Å². The van der Waals surface area contributed by atoms with Crippen LogP contribution in [0.2, 0.25) is 0 Å². The number of allylic oxidation sites excluding steroid dienone is 2. The highest BCUT2D eigenvalue weighted by Crippen LogP contribution is 2.51. The van der Waals surface area contributed by atoms with E-state index in [0.717, 1.165) is 40.9 Å². The number of Topliss-reactive ketones (excluding diaryl/α,β-unsaturated/α-hetero) is 1. The number of carbonyl (C=O) groups excluding carboxylic acids is 1.